The summed E-state index contributed by atoms with van der Waals surface area (Å²) in [4.78, 5) is 18.8. The first kappa shape index (κ1) is 15.8. The van der Waals surface area contributed by atoms with Crippen LogP contribution in [0.5, 0.6) is 0 Å². The van der Waals surface area contributed by atoms with Gasteiger partial charge in [0.15, 0.2) is 0 Å². The zero-order valence-corrected chi connectivity index (χ0v) is 14.2. The molecular weight excluding hydrogens is 286 g/mol. The maximum atomic E-state index is 12.6. The molecule has 0 aliphatic carbocycles. The second-order valence-electron chi connectivity index (χ2n) is 6.78. The Morgan fingerprint density at radius 1 is 1.39 bits per heavy atom. The van der Waals surface area contributed by atoms with Crippen molar-refractivity contribution in [1.29, 1.82) is 0 Å². The highest BCUT2D eigenvalue weighted by molar-refractivity contribution is 5.79. The van der Waals surface area contributed by atoms with E-state index in [1.807, 2.05) is 24.3 Å². The molecule has 23 heavy (non-hydrogen) atoms. The topological polar surface area (TPSA) is 38.1 Å². The van der Waals surface area contributed by atoms with Crippen molar-refractivity contribution in [3.63, 3.8) is 0 Å². The van der Waals surface area contributed by atoms with Crippen LogP contribution in [0.1, 0.15) is 28.9 Å². The lowest BCUT2D eigenvalue weighted by Crippen LogP contribution is -2.36. The van der Waals surface area contributed by atoms with Crippen LogP contribution in [-0.2, 0) is 24.2 Å². The van der Waals surface area contributed by atoms with Gasteiger partial charge in [0.25, 0.3) is 0 Å². The normalized spacial score (nSPS) is 16.9. The second kappa shape index (κ2) is 6.57. The monoisotopic (exact) mass is 311 g/mol. The second-order valence-corrected chi connectivity index (χ2v) is 6.78. The molecule has 2 heterocycles. The standard InChI is InChI=1S/C19H25N3O/c1-14-4-5-15(2)17(10-14)11-19(23)21(3)12-16-6-7-18-20-8-9-22(18)13-16/h4-5,8-10,16H,6-7,11-13H2,1-3H3/t16-/m0/s1. The molecule has 0 radical (unpaired) electrons. The van der Waals surface area contributed by atoms with Crippen molar-refractivity contribution in [2.24, 2.45) is 5.92 Å². The molecule has 0 N–H and O–H groups in total. The first-order chi connectivity index (χ1) is 11.0. The molecule has 1 aliphatic rings. The molecule has 0 bridgehead atoms. The molecule has 1 aromatic carbocycles. The van der Waals surface area contributed by atoms with Gasteiger partial charge in [0.1, 0.15) is 5.82 Å². The number of amides is 1. The Balaban J connectivity index is 1.59. The van der Waals surface area contributed by atoms with Gasteiger partial charge in [-0.1, -0.05) is 23.8 Å². The third-order valence-electron chi connectivity index (χ3n) is 4.84. The van der Waals surface area contributed by atoms with Crippen LogP contribution in [-0.4, -0.2) is 34.0 Å². The Hall–Kier alpha value is -2.10. The summed E-state index contributed by atoms with van der Waals surface area (Å²) in [5.74, 6) is 1.89. The van der Waals surface area contributed by atoms with Crippen molar-refractivity contribution in [2.75, 3.05) is 13.6 Å². The number of likely N-dealkylation sites (N-methyl/N-ethyl adjacent to an activating group) is 1. The maximum Gasteiger partial charge on any atom is 0.226 e. The minimum absolute atomic E-state index is 0.204. The Morgan fingerprint density at radius 2 is 2.22 bits per heavy atom. The van der Waals surface area contributed by atoms with Crippen molar-refractivity contribution in [3.05, 3.63) is 53.1 Å². The quantitative estimate of drug-likeness (QED) is 0.871. The van der Waals surface area contributed by atoms with E-state index in [9.17, 15) is 4.79 Å². The molecule has 3 rings (SSSR count). The van der Waals surface area contributed by atoms with Crippen LogP contribution in [0.15, 0.2) is 30.6 Å². The van der Waals surface area contributed by atoms with Gasteiger partial charge in [-0.2, -0.15) is 0 Å². The van der Waals surface area contributed by atoms with E-state index in [2.05, 4.69) is 41.6 Å². The Bertz CT molecular complexity index is 704. The highest BCUT2D eigenvalue weighted by Crippen LogP contribution is 2.20. The third-order valence-corrected chi connectivity index (χ3v) is 4.84. The predicted octanol–water partition coefficient (Wildman–Crippen LogP) is 2.76. The van der Waals surface area contributed by atoms with E-state index < -0.39 is 0 Å². The molecule has 4 nitrogen and oxygen atoms in total. The Labute approximate surface area is 138 Å². The number of aryl methyl sites for hydroxylation is 3. The fourth-order valence-corrected chi connectivity index (χ4v) is 3.36. The van der Waals surface area contributed by atoms with Crippen LogP contribution in [0.4, 0.5) is 0 Å². The van der Waals surface area contributed by atoms with Gasteiger partial charge in [-0.15, -0.1) is 0 Å². The van der Waals surface area contributed by atoms with Crippen molar-refractivity contribution in [1.82, 2.24) is 14.5 Å². The summed E-state index contributed by atoms with van der Waals surface area (Å²) in [6.07, 6.45) is 6.52. The first-order valence-corrected chi connectivity index (χ1v) is 8.33. The van der Waals surface area contributed by atoms with Gasteiger partial charge in [0.2, 0.25) is 5.91 Å². The molecule has 2 aromatic rings. The van der Waals surface area contributed by atoms with E-state index in [0.29, 0.717) is 12.3 Å². The van der Waals surface area contributed by atoms with Gasteiger partial charge in [-0.25, -0.2) is 4.98 Å². The van der Waals surface area contributed by atoms with Gasteiger partial charge in [0.05, 0.1) is 6.42 Å². The Kier molecular flexibility index (Phi) is 4.51. The van der Waals surface area contributed by atoms with Crippen LogP contribution in [0, 0.1) is 19.8 Å². The number of imidazole rings is 1. The summed E-state index contributed by atoms with van der Waals surface area (Å²) >= 11 is 0. The van der Waals surface area contributed by atoms with Crippen LogP contribution in [0.3, 0.4) is 0 Å². The highest BCUT2D eigenvalue weighted by atomic mass is 16.2. The first-order valence-electron chi connectivity index (χ1n) is 8.33. The molecule has 0 saturated heterocycles. The molecule has 1 aromatic heterocycles. The average molecular weight is 311 g/mol. The molecule has 4 heteroatoms. The molecule has 1 amide bonds. The van der Waals surface area contributed by atoms with E-state index in [1.165, 1.54) is 17.0 Å². The van der Waals surface area contributed by atoms with Crippen LogP contribution in [0.25, 0.3) is 0 Å². The molecule has 122 valence electrons. The van der Waals surface area contributed by atoms with Gasteiger partial charge >= 0.3 is 0 Å². The third kappa shape index (κ3) is 3.63. The number of aromatic nitrogens is 2. The number of carbonyl (C=O) groups is 1. The SMILES string of the molecule is Cc1ccc(C)c(CC(=O)N(C)C[C@@H]2CCc3nccn3C2)c1. The van der Waals surface area contributed by atoms with Crippen molar-refractivity contribution >= 4 is 5.91 Å². The number of hydrogen-bond acceptors (Lipinski definition) is 2. The van der Waals surface area contributed by atoms with Crippen molar-refractivity contribution < 1.29 is 4.79 Å². The van der Waals surface area contributed by atoms with Gasteiger partial charge in [-0.05, 0) is 37.3 Å². The van der Waals surface area contributed by atoms with E-state index in [4.69, 9.17) is 0 Å². The molecule has 1 aliphatic heterocycles. The lowest BCUT2D eigenvalue weighted by Gasteiger charge is -2.28. The largest absolute Gasteiger partial charge is 0.345 e. The summed E-state index contributed by atoms with van der Waals surface area (Å²) in [7, 11) is 1.93. The van der Waals surface area contributed by atoms with Crippen LogP contribution < -0.4 is 0 Å². The fraction of sp³-hybridized carbons (Fsp3) is 0.474. The maximum absolute atomic E-state index is 12.6. The number of fused-ring (bicyclic) bond motifs is 1. The molecule has 1 atom stereocenters. The van der Waals surface area contributed by atoms with E-state index in [1.54, 1.807) is 0 Å². The number of rotatable bonds is 4. The molecular formula is C19H25N3O. The van der Waals surface area contributed by atoms with Crippen LogP contribution in [0.2, 0.25) is 0 Å². The van der Waals surface area contributed by atoms with E-state index >= 15 is 0 Å². The minimum atomic E-state index is 0.204. The molecule has 0 fully saturated rings. The summed E-state index contributed by atoms with van der Waals surface area (Å²) in [6.45, 7) is 5.93. The summed E-state index contributed by atoms with van der Waals surface area (Å²) < 4.78 is 2.22. The van der Waals surface area contributed by atoms with Crippen LogP contribution >= 0.6 is 0 Å². The van der Waals surface area contributed by atoms with Crippen molar-refractivity contribution in [3.8, 4) is 0 Å². The number of hydrogen-bond donors (Lipinski definition) is 0. The fourth-order valence-electron chi connectivity index (χ4n) is 3.36. The molecule has 0 saturated carbocycles. The lowest BCUT2D eigenvalue weighted by atomic mass is 9.98. The molecule has 0 spiro atoms. The molecule has 0 unspecified atom stereocenters. The highest BCUT2D eigenvalue weighted by Gasteiger charge is 2.22. The van der Waals surface area contributed by atoms with Gasteiger partial charge in [-0.3, -0.25) is 4.79 Å². The summed E-state index contributed by atoms with van der Waals surface area (Å²) in [5.41, 5.74) is 3.54. The zero-order chi connectivity index (χ0) is 16.4. The summed E-state index contributed by atoms with van der Waals surface area (Å²) in [5, 5.41) is 0. The average Bonchev–Trinajstić information content (AvgIpc) is 2.98. The summed E-state index contributed by atoms with van der Waals surface area (Å²) in [6, 6.07) is 6.32. The number of nitrogens with zero attached hydrogens (tertiary/aromatic N) is 3. The number of benzene rings is 1. The van der Waals surface area contributed by atoms with E-state index in [-0.39, 0.29) is 5.91 Å². The predicted molar refractivity (Wildman–Crippen MR) is 91.3 cm³/mol. The smallest absolute Gasteiger partial charge is 0.226 e. The van der Waals surface area contributed by atoms with Gasteiger partial charge < -0.3 is 9.47 Å². The zero-order valence-electron chi connectivity index (χ0n) is 14.2. The Morgan fingerprint density at radius 3 is 3.04 bits per heavy atom. The van der Waals surface area contributed by atoms with E-state index in [0.717, 1.165) is 31.5 Å². The lowest BCUT2D eigenvalue weighted by molar-refractivity contribution is -0.129. The minimum Gasteiger partial charge on any atom is -0.345 e. The van der Waals surface area contributed by atoms with Crippen molar-refractivity contribution in [2.45, 2.75) is 39.7 Å². The van der Waals surface area contributed by atoms with Gasteiger partial charge in [0, 0.05) is 39.0 Å². The number of carbonyl (C=O) groups excluding carboxylic acids is 1.